The quantitative estimate of drug-likeness (QED) is 0.716. The Morgan fingerprint density at radius 3 is 2.44 bits per heavy atom. The van der Waals surface area contributed by atoms with Crippen molar-refractivity contribution in [2.45, 2.75) is 6.92 Å². The summed E-state index contributed by atoms with van der Waals surface area (Å²) in [6.07, 6.45) is 0. The molecule has 0 spiro atoms. The van der Waals surface area contributed by atoms with Gasteiger partial charge in [0.1, 0.15) is 0 Å². The maximum absolute atomic E-state index is 11.2. The Labute approximate surface area is 94.0 Å². The van der Waals surface area contributed by atoms with Gasteiger partial charge in [-0.2, -0.15) is 0 Å². The van der Waals surface area contributed by atoms with Crippen molar-refractivity contribution < 1.29 is 17.6 Å². The summed E-state index contributed by atoms with van der Waals surface area (Å²) in [5.74, 6) is 1.03. The Morgan fingerprint density at radius 2 is 1.94 bits per heavy atom. The van der Waals surface area contributed by atoms with Gasteiger partial charge < -0.3 is 9.32 Å². The van der Waals surface area contributed by atoms with Crippen molar-refractivity contribution >= 4 is 21.5 Å². The van der Waals surface area contributed by atoms with Crippen LogP contribution < -0.4 is 4.90 Å². The standard InChI is InChI=1S/C10H13NO4S/c1-8(12)9-2-3-10(15-9)11-4-6-16(13,14)7-5-11/h2-3H,4-7H2,1H3. The van der Waals surface area contributed by atoms with E-state index in [9.17, 15) is 13.2 Å². The number of Topliss-reactive ketones (excluding diaryl/α,β-unsaturated/α-hetero) is 1. The van der Waals surface area contributed by atoms with Crippen molar-refractivity contribution in [2.75, 3.05) is 29.5 Å². The van der Waals surface area contributed by atoms with E-state index < -0.39 is 9.84 Å². The maximum atomic E-state index is 11.2. The maximum Gasteiger partial charge on any atom is 0.196 e. The van der Waals surface area contributed by atoms with Gasteiger partial charge in [0, 0.05) is 26.1 Å². The van der Waals surface area contributed by atoms with E-state index in [0.717, 1.165) is 0 Å². The molecule has 0 radical (unpaired) electrons. The molecule has 5 nitrogen and oxygen atoms in total. The van der Waals surface area contributed by atoms with Crippen LogP contribution in [-0.2, 0) is 9.84 Å². The summed E-state index contributed by atoms with van der Waals surface area (Å²) in [7, 11) is -2.88. The highest BCUT2D eigenvalue weighted by atomic mass is 32.2. The second kappa shape index (κ2) is 3.93. The van der Waals surface area contributed by atoms with Crippen molar-refractivity contribution in [3.05, 3.63) is 17.9 Å². The number of hydrogen-bond acceptors (Lipinski definition) is 5. The van der Waals surface area contributed by atoms with Crippen molar-refractivity contribution in [2.24, 2.45) is 0 Å². The molecule has 6 heteroatoms. The van der Waals surface area contributed by atoms with Crippen LogP contribution in [0.25, 0.3) is 0 Å². The molecule has 1 aliphatic rings. The lowest BCUT2D eigenvalue weighted by Gasteiger charge is -2.25. The Hall–Kier alpha value is -1.30. The normalized spacial score (nSPS) is 19.7. The number of nitrogens with zero attached hydrogens (tertiary/aromatic N) is 1. The van der Waals surface area contributed by atoms with Crippen molar-refractivity contribution in [1.82, 2.24) is 0 Å². The summed E-state index contributed by atoms with van der Waals surface area (Å²) in [6.45, 7) is 2.28. The van der Waals surface area contributed by atoms with Crippen LogP contribution in [0.15, 0.2) is 16.5 Å². The molecule has 2 heterocycles. The van der Waals surface area contributed by atoms with E-state index in [2.05, 4.69) is 0 Å². The average Bonchev–Trinajstić information content (AvgIpc) is 2.66. The molecule has 0 N–H and O–H groups in total. The first-order chi connectivity index (χ1) is 7.48. The van der Waals surface area contributed by atoms with E-state index in [4.69, 9.17) is 4.42 Å². The van der Waals surface area contributed by atoms with Gasteiger partial charge in [0.25, 0.3) is 0 Å². The summed E-state index contributed by atoms with van der Waals surface area (Å²) in [5, 5.41) is 0. The second-order valence-corrected chi connectivity index (χ2v) is 6.14. The van der Waals surface area contributed by atoms with Crippen molar-refractivity contribution in [3.8, 4) is 0 Å². The summed E-state index contributed by atoms with van der Waals surface area (Å²) in [4.78, 5) is 12.9. The molecule has 16 heavy (non-hydrogen) atoms. The Morgan fingerprint density at radius 1 is 1.31 bits per heavy atom. The van der Waals surface area contributed by atoms with Gasteiger partial charge in [-0.15, -0.1) is 0 Å². The lowest BCUT2D eigenvalue weighted by molar-refractivity contribution is 0.0987. The van der Waals surface area contributed by atoms with Gasteiger partial charge in [0.05, 0.1) is 11.5 Å². The van der Waals surface area contributed by atoms with Crippen LogP contribution in [-0.4, -0.2) is 38.8 Å². The number of rotatable bonds is 2. The third kappa shape index (κ3) is 2.27. The van der Waals surface area contributed by atoms with Gasteiger partial charge in [-0.3, -0.25) is 4.79 Å². The first-order valence-electron chi connectivity index (χ1n) is 5.04. The molecule has 1 aromatic heterocycles. The Balaban J connectivity index is 2.11. The molecular weight excluding hydrogens is 230 g/mol. The molecular formula is C10H13NO4S. The number of anilines is 1. The van der Waals surface area contributed by atoms with Crippen LogP contribution in [0.2, 0.25) is 0 Å². The average molecular weight is 243 g/mol. The molecule has 0 aromatic carbocycles. The minimum absolute atomic E-state index is 0.129. The fraction of sp³-hybridized carbons (Fsp3) is 0.500. The van der Waals surface area contributed by atoms with E-state index in [0.29, 0.717) is 24.7 Å². The van der Waals surface area contributed by atoms with Crippen LogP contribution in [0, 0.1) is 0 Å². The van der Waals surface area contributed by atoms with E-state index in [-0.39, 0.29) is 17.3 Å². The zero-order valence-corrected chi connectivity index (χ0v) is 9.79. The van der Waals surface area contributed by atoms with Crippen LogP contribution in [0.1, 0.15) is 17.5 Å². The second-order valence-electron chi connectivity index (χ2n) is 3.83. The highest BCUT2D eigenvalue weighted by molar-refractivity contribution is 7.91. The van der Waals surface area contributed by atoms with E-state index in [1.807, 2.05) is 4.90 Å². The first-order valence-corrected chi connectivity index (χ1v) is 6.86. The molecule has 0 bridgehead atoms. The van der Waals surface area contributed by atoms with Crippen LogP contribution >= 0.6 is 0 Å². The van der Waals surface area contributed by atoms with E-state index >= 15 is 0 Å². The predicted molar refractivity (Wildman–Crippen MR) is 59.6 cm³/mol. The lowest BCUT2D eigenvalue weighted by Crippen LogP contribution is -2.40. The number of carbonyl (C=O) groups is 1. The molecule has 1 aliphatic heterocycles. The number of ketones is 1. The molecule has 0 amide bonds. The summed E-state index contributed by atoms with van der Waals surface area (Å²) < 4.78 is 27.8. The van der Waals surface area contributed by atoms with Crippen molar-refractivity contribution in [3.63, 3.8) is 0 Å². The number of hydrogen-bond donors (Lipinski definition) is 0. The fourth-order valence-electron chi connectivity index (χ4n) is 1.62. The molecule has 0 aliphatic carbocycles. The third-order valence-electron chi connectivity index (χ3n) is 2.59. The SMILES string of the molecule is CC(=O)c1ccc(N2CCS(=O)(=O)CC2)o1. The minimum Gasteiger partial charge on any atom is -0.437 e. The Kier molecular flexibility index (Phi) is 2.75. The smallest absolute Gasteiger partial charge is 0.196 e. The highest BCUT2D eigenvalue weighted by Gasteiger charge is 2.23. The van der Waals surface area contributed by atoms with Gasteiger partial charge in [-0.25, -0.2) is 8.42 Å². The van der Waals surface area contributed by atoms with E-state index in [1.54, 1.807) is 12.1 Å². The molecule has 2 rings (SSSR count). The zero-order valence-electron chi connectivity index (χ0n) is 8.97. The molecule has 0 saturated carbocycles. The van der Waals surface area contributed by atoms with Crippen molar-refractivity contribution in [1.29, 1.82) is 0 Å². The van der Waals surface area contributed by atoms with Gasteiger partial charge in [-0.1, -0.05) is 0 Å². The van der Waals surface area contributed by atoms with Gasteiger partial charge >= 0.3 is 0 Å². The summed E-state index contributed by atoms with van der Waals surface area (Å²) in [6, 6.07) is 3.31. The topological polar surface area (TPSA) is 67.6 Å². The Bertz CT molecular complexity index is 489. The number of sulfone groups is 1. The fourth-order valence-corrected chi connectivity index (χ4v) is 2.82. The molecule has 1 saturated heterocycles. The zero-order chi connectivity index (χ0) is 11.8. The number of furan rings is 1. The highest BCUT2D eigenvalue weighted by Crippen LogP contribution is 2.20. The van der Waals surface area contributed by atoms with Crippen LogP contribution in [0.3, 0.4) is 0 Å². The number of carbonyl (C=O) groups excluding carboxylic acids is 1. The molecule has 0 unspecified atom stereocenters. The largest absolute Gasteiger partial charge is 0.437 e. The van der Waals surface area contributed by atoms with Crippen LogP contribution in [0.5, 0.6) is 0 Å². The van der Waals surface area contributed by atoms with Crippen LogP contribution in [0.4, 0.5) is 5.88 Å². The molecule has 88 valence electrons. The minimum atomic E-state index is -2.88. The predicted octanol–water partition coefficient (Wildman–Crippen LogP) is 0.717. The molecule has 0 atom stereocenters. The third-order valence-corrected chi connectivity index (χ3v) is 4.20. The summed E-state index contributed by atoms with van der Waals surface area (Å²) >= 11 is 0. The van der Waals surface area contributed by atoms with Gasteiger partial charge in [-0.05, 0) is 6.07 Å². The summed E-state index contributed by atoms with van der Waals surface area (Å²) in [5.41, 5.74) is 0. The molecule has 1 fully saturated rings. The van der Waals surface area contributed by atoms with E-state index in [1.165, 1.54) is 6.92 Å². The monoisotopic (exact) mass is 243 g/mol. The van der Waals surface area contributed by atoms with Gasteiger partial charge in [0.15, 0.2) is 27.3 Å². The van der Waals surface area contributed by atoms with Gasteiger partial charge in [0.2, 0.25) is 0 Å². The lowest BCUT2D eigenvalue weighted by atomic mass is 10.3. The molecule has 1 aromatic rings. The first kappa shape index (κ1) is 11.2.